The van der Waals surface area contributed by atoms with Crippen molar-refractivity contribution >= 4 is 12.2 Å². The maximum absolute atomic E-state index is 5.59. The molecule has 0 saturated carbocycles. The van der Waals surface area contributed by atoms with Gasteiger partial charge in [0.2, 0.25) is 0 Å². The van der Waals surface area contributed by atoms with Crippen LogP contribution in [-0.4, -0.2) is 33.3 Å². The van der Waals surface area contributed by atoms with Gasteiger partial charge in [-0.15, -0.1) is 0 Å². The molecule has 2 rings (SSSR count). The lowest BCUT2D eigenvalue weighted by molar-refractivity contribution is 0.486. The molecule has 1 aliphatic rings. The standard InChI is InChI=1S/C13H18N6/c1-3-4-12-7-19(17-11(2)14)10-16-13(12)8-18-6-5-15-9-18/h3-6,9-10H,7-8H2,1-2H3,(H2,14,17)/b4-3+. The lowest BCUT2D eigenvalue weighted by Gasteiger charge is -2.21. The van der Waals surface area contributed by atoms with Crippen LogP contribution in [0.4, 0.5) is 0 Å². The van der Waals surface area contributed by atoms with Crippen molar-refractivity contribution in [3.05, 3.63) is 42.1 Å². The molecule has 0 aliphatic carbocycles. The highest BCUT2D eigenvalue weighted by molar-refractivity contribution is 5.78. The molecule has 6 heteroatoms. The molecule has 0 spiro atoms. The molecule has 19 heavy (non-hydrogen) atoms. The molecule has 0 radical (unpaired) electrons. The fraction of sp³-hybridized carbons (Fsp3) is 0.308. The summed E-state index contributed by atoms with van der Waals surface area (Å²) in [6, 6.07) is 0. The molecule has 6 nitrogen and oxygen atoms in total. The first-order chi connectivity index (χ1) is 9.19. The Balaban J connectivity index is 2.20. The molecular formula is C13H18N6. The van der Waals surface area contributed by atoms with Gasteiger partial charge >= 0.3 is 0 Å². The van der Waals surface area contributed by atoms with Crippen LogP contribution in [0.15, 0.2) is 52.2 Å². The van der Waals surface area contributed by atoms with Gasteiger partial charge in [-0.25, -0.2) is 15.0 Å². The average molecular weight is 258 g/mol. The van der Waals surface area contributed by atoms with Crippen molar-refractivity contribution in [1.82, 2.24) is 14.6 Å². The lowest BCUT2D eigenvalue weighted by Crippen LogP contribution is -2.26. The van der Waals surface area contributed by atoms with Crippen LogP contribution in [-0.2, 0) is 6.54 Å². The van der Waals surface area contributed by atoms with E-state index in [0.29, 0.717) is 18.9 Å². The summed E-state index contributed by atoms with van der Waals surface area (Å²) < 4.78 is 1.99. The molecule has 2 N–H and O–H groups in total. The number of aromatic nitrogens is 2. The van der Waals surface area contributed by atoms with E-state index in [1.165, 1.54) is 0 Å². The van der Waals surface area contributed by atoms with Crippen LogP contribution in [0, 0.1) is 0 Å². The fourth-order valence-corrected chi connectivity index (χ4v) is 1.84. The van der Waals surface area contributed by atoms with Crippen LogP contribution in [0.2, 0.25) is 0 Å². The number of imidazole rings is 1. The molecule has 1 aromatic heterocycles. The van der Waals surface area contributed by atoms with E-state index in [0.717, 1.165) is 11.3 Å². The third-order valence-electron chi connectivity index (χ3n) is 2.60. The van der Waals surface area contributed by atoms with Gasteiger partial charge in [0.05, 0.1) is 25.1 Å². The predicted molar refractivity (Wildman–Crippen MR) is 76.6 cm³/mol. The van der Waals surface area contributed by atoms with E-state index in [-0.39, 0.29) is 0 Å². The number of aliphatic imine (C=N–C) groups is 1. The number of rotatable bonds is 4. The van der Waals surface area contributed by atoms with Gasteiger partial charge in [-0.05, 0) is 19.4 Å². The van der Waals surface area contributed by atoms with Crippen molar-refractivity contribution in [2.45, 2.75) is 20.4 Å². The summed E-state index contributed by atoms with van der Waals surface area (Å²) in [5.41, 5.74) is 7.73. The molecule has 2 heterocycles. The Bertz CT molecular complexity index is 531. The summed E-state index contributed by atoms with van der Waals surface area (Å²) >= 11 is 0. The highest BCUT2D eigenvalue weighted by Crippen LogP contribution is 2.16. The number of hydrazone groups is 1. The summed E-state index contributed by atoms with van der Waals surface area (Å²) in [4.78, 5) is 8.49. The first kappa shape index (κ1) is 13.1. The van der Waals surface area contributed by atoms with Crippen molar-refractivity contribution in [2.24, 2.45) is 15.8 Å². The highest BCUT2D eigenvalue weighted by Gasteiger charge is 2.13. The number of hydrogen-bond donors (Lipinski definition) is 1. The van der Waals surface area contributed by atoms with Gasteiger partial charge in [0, 0.05) is 12.4 Å². The van der Waals surface area contributed by atoms with Crippen LogP contribution < -0.4 is 5.73 Å². The second-order valence-electron chi connectivity index (χ2n) is 4.29. The number of allylic oxidation sites excluding steroid dienone is 2. The largest absolute Gasteiger partial charge is 0.386 e. The molecule has 0 atom stereocenters. The van der Waals surface area contributed by atoms with E-state index in [1.807, 2.05) is 23.8 Å². The zero-order valence-electron chi connectivity index (χ0n) is 11.2. The molecule has 0 unspecified atom stereocenters. The summed E-state index contributed by atoms with van der Waals surface area (Å²) in [6.45, 7) is 5.12. The summed E-state index contributed by atoms with van der Waals surface area (Å²) in [7, 11) is 0. The summed E-state index contributed by atoms with van der Waals surface area (Å²) in [6.07, 6.45) is 11.2. The maximum Gasteiger partial charge on any atom is 0.117 e. The summed E-state index contributed by atoms with van der Waals surface area (Å²) in [5.74, 6) is 0.518. The van der Waals surface area contributed by atoms with E-state index in [1.54, 1.807) is 30.8 Å². The van der Waals surface area contributed by atoms with Crippen LogP contribution in [0.5, 0.6) is 0 Å². The minimum Gasteiger partial charge on any atom is -0.386 e. The van der Waals surface area contributed by atoms with Crippen molar-refractivity contribution in [3.63, 3.8) is 0 Å². The van der Waals surface area contributed by atoms with E-state index >= 15 is 0 Å². The predicted octanol–water partition coefficient (Wildman–Crippen LogP) is 1.35. The highest BCUT2D eigenvalue weighted by atomic mass is 15.5. The molecule has 1 aliphatic heterocycles. The molecule has 100 valence electrons. The number of nitrogens with two attached hydrogens (primary N) is 1. The second-order valence-corrected chi connectivity index (χ2v) is 4.29. The quantitative estimate of drug-likeness (QED) is 0.654. The van der Waals surface area contributed by atoms with E-state index in [2.05, 4.69) is 21.2 Å². The first-order valence-corrected chi connectivity index (χ1v) is 6.11. The van der Waals surface area contributed by atoms with Gasteiger partial charge in [-0.3, -0.25) is 0 Å². The van der Waals surface area contributed by atoms with Gasteiger partial charge in [0.1, 0.15) is 12.2 Å². The Morgan fingerprint density at radius 1 is 1.58 bits per heavy atom. The first-order valence-electron chi connectivity index (χ1n) is 6.11. The monoisotopic (exact) mass is 258 g/mol. The van der Waals surface area contributed by atoms with Crippen LogP contribution in [0.25, 0.3) is 0 Å². The molecule has 0 aromatic carbocycles. The third kappa shape index (κ3) is 3.54. The van der Waals surface area contributed by atoms with Crippen LogP contribution in [0.1, 0.15) is 13.8 Å². The van der Waals surface area contributed by atoms with E-state index in [9.17, 15) is 0 Å². The van der Waals surface area contributed by atoms with E-state index in [4.69, 9.17) is 5.73 Å². The Hall–Kier alpha value is -2.37. The summed E-state index contributed by atoms with van der Waals surface area (Å²) in [5, 5.41) is 5.93. The number of hydrogen-bond acceptors (Lipinski definition) is 4. The van der Waals surface area contributed by atoms with Gasteiger partial charge in [0.15, 0.2) is 0 Å². The van der Waals surface area contributed by atoms with Gasteiger partial charge in [-0.2, -0.15) is 5.10 Å². The van der Waals surface area contributed by atoms with Crippen LogP contribution in [0.3, 0.4) is 0 Å². The fourth-order valence-electron chi connectivity index (χ4n) is 1.84. The third-order valence-corrected chi connectivity index (χ3v) is 2.60. The van der Waals surface area contributed by atoms with Gasteiger partial charge < -0.3 is 10.3 Å². The zero-order valence-corrected chi connectivity index (χ0v) is 11.2. The molecule has 0 amide bonds. The Labute approximate surface area is 112 Å². The van der Waals surface area contributed by atoms with Gasteiger partial charge in [-0.1, -0.05) is 12.2 Å². The van der Waals surface area contributed by atoms with Crippen molar-refractivity contribution in [2.75, 3.05) is 6.54 Å². The normalized spacial score (nSPS) is 16.7. The van der Waals surface area contributed by atoms with Gasteiger partial charge in [0.25, 0.3) is 0 Å². The molecule has 0 saturated heterocycles. The molecule has 0 fully saturated rings. The Morgan fingerprint density at radius 3 is 3.05 bits per heavy atom. The minimum absolute atomic E-state index is 0.518. The number of nitrogens with zero attached hydrogens (tertiary/aromatic N) is 5. The molecular weight excluding hydrogens is 240 g/mol. The molecule has 1 aromatic rings. The average Bonchev–Trinajstić information content (AvgIpc) is 2.85. The lowest BCUT2D eigenvalue weighted by atomic mass is 10.1. The van der Waals surface area contributed by atoms with Crippen LogP contribution >= 0.6 is 0 Å². The smallest absolute Gasteiger partial charge is 0.117 e. The SMILES string of the molecule is C/C=C/C1=C(Cn2ccnc2)N=CN(/N=C(/C)N)C1. The topological polar surface area (TPSA) is 71.8 Å². The Morgan fingerprint density at radius 2 is 2.42 bits per heavy atom. The minimum atomic E-state index is 0.518. The maximum atomic E-state index is 5.59. The van der Waals surface area contributed by atoms with Crippen molar-refractivity contribution in [1.29, 1.82) is 0 Å². The second kappa shape index (κ2) is 5.99. The van der Waals surface area contributed by atoms with E-state index < -0.39 is 0 Å². The van der Waals surface area contributed by atoms with Crippen molar-refractivity contribution < 1.29 is 0 Å². The number of amidine groups is 1. The zero-order chi connectivity index (χ0) is 13.7. The van der Waals surface area contributed by atoms with Crippen molar-refractivity contribution in [3.8, 4) is 0 Å². The Kier molecular flexibility index (Phi) is 4.12. The molecule has 0 bridgehead atoms.